The molecule has 92 valence electrons. The SMILES string of the molecule is C#CCCCNC1CCCCC1C(C)(C)C. The zero-order valence-electron chi connectivity index (χ0n) is 11.2. The molecule has 1 N–H and O–H groups in total. The van der Waals surface area contributed by atoms with Crippen LogP contribution < -0.4 is 5.32 Å². The number of rotatable bonds is 4. The standard InChI is InChI=1S/C15H27N/c1-5-6-9-12-16-14-11-8-7-10-13(14)15(2,3)4/h1,13-14,16H,6-12H2,2-4H3. The highest BCUT2D eigenvalue weighted by atomic mass is 14.9. The normalized spacial score (nSPS) is 26.4. The van der Waals surface area contributed by atoms with E-state index in [1.807, 2.05) is 0 Å². The molecule has 2 unspecified atom stereocenters. The maximum absolute atomic E-state index is 5.27. The fourth-order valence-corrected chi connectivity index (χ4v) is 2.89. The number of terminal acetylenes is 1. The second kappa shape index (κ2) is 6.30. The summed E-state index contributed by atoms with van der Waals surface area (Å²) in [5.41, 5.74) is 0.435. The maximum atomic E-state index is 5.27. The van der Waals surface area contributed by atoms with E-state index < -0.39 is 0 Å². The zero-order chi connectivity index (χ0) is 12.0. The van der Waals surface area contributed by atoms with Crippen LogP contribution in [0.5, 0.6) is 0 Å². The Morgan fingerprint density at radius 2 is 1.94 bits per heavy atom. The summed E-state index contributed by atoms with van der Waals surface area (Å²) in [5, 5.41) is 3.72. The monoisotopic (exact) mass is 221 g/mol. The zero-order valence-corrected chi connectivity index (χ0v) is 11.2. The van der Waals surface area contributed by atoms with E-state index in [-0.39, 0.29) is 0 Å². The van der Waals surface area contributed by atoms with Crippen molar-refractivity contribution in [2.75, 3.05) is 6.54 Å². The smallest absolute Gasteiger partial charge is 0.0100 e. The third-order valence-electron chi connectivity index (χ3n) is 3.78. The lowest BCUT2D eigenvalue weighted by Gasteiger charge is -2.41. The average molecular weight is 221 g/mol. The Kier molecular flexibility index (Phi) is 5.35. The first-order valence-corrected chi connectivity index (χ1v) is 6.72. The van der Waals surface area contributed by atoms with E-state index in [0.29, 0.717) is 11.5 Å². The van der Waals surface area contributed by atoms with Crippen LogP contribution in [0.4, 0.5) is 0 Å². The molecule has 2 atom stereocenters. The van der Waals surface area contributed by atoms with Gasteiger partial charge in [0, 0.05) is 12.5 Å². The molecular formula is C15H27N. The Labute approximate surface area is 101 Å². The van der Waals surface area contributed by atoms with Crippen molar-refractivity contribution >= 4 is 0 Å². The van der Waals surface area contributed by atoms with Crippen LogP contribution in [0.25, 0.3) is 0 Å². The summed E-state index contributed by atoms with van der Waals surface area (Å²) in [6.45, 7) is 8.21. The molecule has 0 spiro atoms. The van der Waals surface area contributed by atoms with E-state index in [2.05, 4.69) is 32.0 Å². The first kappa shape index (κ1) is 13.6. The van der Waals surface area contributed by atoms with Gasteiger partial charge in [0.1, 0.15) is 0 Å². The van der Waals surface area contributed by atoms with Crippen LogP contribution in [0.15, 0.2) is 0 Å². The summed E-state index contributed by atoms with van der Waals surface area (Å²) in [6, 6.07) is 0.714. The highest BCUT2D eigenvalue weighted by molar-refractivity contribution is 4.89. The number of nitrogens with one attached hydrogen (secondary N) is 1. The minimum absolute atomic E-state index is 0.435. The van der Waals surface area contributed by atoms with Gasteiger partial charge in [0.2, 0.25) is 0 Å². The van der Waals surface area contributed by atoms with Crippen LogP contribution in [0.3, 0.4) is 0 Å². The number of hydrogen-bond donors (Lipinski definition) is 1. The molecule has 1 fully saturated rings. The molecule has 0 aliphatic heterocycles. The van der Waals surface area contributed by atoms with Gasteiger partial charge in [-0.3, -0.25) is 0 Å². The third kappa shape index (κ3) is 4.18. The molecule has 16 heavy (non-hydrogen) atoms. The molecule has 1 nitrogen and oxygen atoms in total. The summed E-state index contributed by atoms with van der Waals surface area (Å²) >= 11 is 0. The van der Waals surface area contributed by atoms with Crippen LogP contribution in [0, 0.1) is 23.7 Å². The Bertz CT molecular complexity index is 231. The summed E-state index contributed by atoms with van der Waals surface area (Å²) in [6.07, 6.45) is 12.8. The molecule has 1 aliphatic carbocycles. The van der Waals surface area contributed by atoms with Crippen LogP contribution in [0.2, 0.25) is 0 Å². The molecule has 0 aromatic carbocycles. The maximum Gasteiger partial charge on any atom is 0.0100 e. The number of hydrogen-bond acceptors (Lipinski definition) is 1. The minimum atomic E-state index is 0.435. The van der Waals surface area contributed by atoms with Gasteiger partial charge in [-0.2, -0.15) is 0 Å². The van der Waals surface area contributed by atoms with Crippen molar-refractivity contribution in [1.29, 1.82) is 0 Å². The minimum Gasteiger partial charge on any atom is -0.314 e. The van der Waals surface area contributed by atoms with E-state index in [1.54, 1.807) is 0 Å². The van der Waals surface area contributed by atoms with Crippen molar-refractivity contribution in [3.05, 3.63) is 0 Å². The predicted molar refractivity (Wildman–Crippen MR) is 71.3 cm³/mol. The summed E-state index contributed by atoms with van der Waals surface area (Å²) in [4.78, 5) is 0. The van der Waals surface area contributed by atoms with Crippen molar-refractivity contribution in [3.8, 4) is 12.3 Å². The van der Waals surface area contributed by atoms with Crippen molar-refractivity contribution in [3.63, 3.8) is 0 Å². The van der Waals surface area contributed by atoms with Gasteiger partial charge in [-0.05, 0) is 37.1 Å². The molecule has 0 bridgehead atoms. The highest BCUT2D eigenvalue weighted by Gasteiger charge is 2.33. The topological polar surface area (TPSA) is 12.0 Å². The van der Waals surface area contributed by atoms with E-state index in [1.165, 1.54) is 25.7 Å². The predicted octanol–water partition coefficient (Wildman–Crippen LogP) is 3.59. The first-order valence-electron chi connectivity index (χ1n) is 6.72. The Morgan fingerprint density at radius 3 is 2.56 bits per heavy atom. The lowest BCUT2D eigenvalue weighted by molar-refractivity contribution is 0.131. The van der Waals surface area contributed by atoms with Crippen LogP contribution in [0.1, 0.15) is 59.3 Å². The van der Waals surface area contributed by atoms with Gasteiger partial charge in [0.05, 0.1) is 0 Å². The Balaban J connectivity index is 2.39. The average Bonchev–Trinajstić information content (AvgIpc) is 2.24. The molecule has 1 rings (SSSR count). The van der Waals surface area contributed by atoms with Gasteiger partial charge in [0.15, 0.2) is 0 Å². The molecule has 0 amide bonds. The summed E-state index contributed by atoms with van der Waals surface area (Å²) in [7, 11) is 0. The third-order valence-corrected chi connectivity index (χ3v) is 3.78. The molecule has 0 radical (unpaired) electrons. The lowest BCUT2D eigenvalue weighted by atomic mass is 9.69. The van der Waals surface area contributed by atoms with Gasteiger partial charge in [-0.1, -0.05) is 33.6 Å². The lowest BCUT2D eigenvalue weighted by Crippen LogP contribution is -2.44. The van der Waals surface area contributed by atoms with Crippen LogP contribution in [-0.2, 0) is 0 Å². The molecular weight excluding hydrogens is 194 g/mol. The van der Waals surface area contributed by atoms with Crippen LogP contribution in [-0.4, -0.2) is 12.6 Å². The van der Waals surface area contributed by atoms with E-state index in [4.69, 9.17) is 6.42 Å². The van der Waals surface area contributed by atoms with Gasteiger partial charge in [0.25, 0.3) is 0 Å². The Hall–Kier alpha value is -0.480. The Morgan fingerprint density at radius 1 is 1.25 bits per heavy atom. The summed E-state index contributed by atoms with van der Waals surface area (Å²) in [5.74, 6) is 3.53. The summed E-state index contributed by atoms with van der Waals surface area (Å²) < 4.78 is 0. The quantitative estimate of drug-likeness (QED) is 0.565. The van der Waals surface area contributed by atoms with Gasteiger partial charge < -0.3 is 5.32 Å². The fourth-order valence-electron chi connectivity index (χ4n) is 2.89. The molecule has 1 heteroatoms. The van der Waals surface area contributed by atoms with E-state index in [9.17, 15) is 0 Å². The van der Waals surface area contributed by atoms with Crippen molar-refractivity contribution in [2.45, 2.75) is 65.3 Å². The van der Waals surface area contributed by atoms with Crippen molar-refractivity contribution in [2.24, 2.45) is 11.3 Å². The molecule has 1 aliphatic rings. The first-order chi connectivity index (χ1) is 7.55. The largest absolute Gasteiger partial charge is 0.314 e. The molecule has 0 aromatic heterocycles. The van der Waals surface area contributed by atoms with Gasteiger partial charge in [-0.25, -0.2) is 0 Å². The fraction of sp³-hybridized carbons (Fsp3) is 0.867. The van der Waals surface area contributed by atoms with Crippen LogP contribution >= 0.6 is 0 Å². The number of unbranched alkanes of at least 4 members (excludes halogenated alkanes) is 1. The molecule has 0 saturated heterocycles. The second-order valence-corrected chi connectivity index (χ2v) is 6.13. The van der Waals surface area contributed by atoms with E-state index >= 15 is 0 Å². The molecule has 1 saturated carbocycles. The molecule has 0 heterocycles. The molecule has 0 aromatic rings. The van der Waals surface area contributed by atoms with Gasteiger partial charge in [-0.15, -0.1) is 12.3 Å². The van der Waals surface area contributed by atoms with E-state index in [0.717, 1.165) is 25.3 Å². The highest BCUT2D eigenvalue weighted by Crippen LogP contribution is 2.37. The van der Waals surface area contributed by atoms with Crippen molar-refractivity contribution in [1.82, 2.24) is 5.32 Å². The second-order valence-electron chi connectivity index (χ2n) is 6.13. The van der Waals surface area contributed by atoms with Crippen molar-refractivity contribution < 1.29 is 0 Å². The van der Waals surface area contributed by atoms with Gasteiger partial charge >= 0.3 is 0 Å².